The van der Waals surface area contributed by atoms with E-state index < -0.39 is 0 Å². The molecule has 3 rings (SSSR count). The highest BCUT2D eigenvalue weighted by Crippen LogP contribution is 2.37. The summed E-state index contributed by atoms with van der Waals surface area (Å²) in [5, 5.41) is 2.91. The van der Waals surface area contributed by atoms with Gasteiger partial charge in [0.2, 0.25) is 5.91 Å². The van der Waals surface area contributed by atoms with Crippen LogP contribution in [0.5, 0.6) is 0 Å². The Labute approximate surface area is 107 Å². The lowest BCUT2D eigenvalue weighted by Crippen LogP contribution is -2.47. The van der Waals surface area contributed by atoms with Crippen LogP contribution in [0.15, 0.2) is 0 Å². The van der Waals surface area contributed by atoms with Gasteiger partial charge in [-0.2, -0.15) is 0 Å². The third-order valence-corrected chi connectivity index (χ3v) is 4.54. The Bertz CT molecular complexity index is 355. The average molecular weight is 252 g/mol. The molecule has 0 bridgehead atoms. The minimum Gasteiger partial charge on any atom is -0.368 e. The molecule has 0 aromatic carbocycles. The van der Waals surface area contributed by atoms with Gasteiger partial charge in [0, 0.05) is 32.7 Å². The van der Waals surface area contributed by atoms with Crippen LogP contribution in [0, 0.1) is 5.41 Å². The van der Waals surface area contributed by atoms with Gasteiger partial charge in [0.15, 0.2) is 0 Å². The fourth-order valence-electron chi connectivity index (χ4n) is 3.28. The van der Waals surface area contributed by atoms with Crippen molar-refractivity contribution in [2.24, 2.45) is 5.41 Å². The summed E-state index contributed by atoms with van der Waals surface area (Å²) in [6.45, 7) is 3.04. The lowest BCUT2D eigenvalue weighted by molar-refractivity contribution is -0.143. The van der Waals surface area contributed by atoms with E-state index in [1.54, 1.807) is 0 Å². The zero-order chi connectivity index (χ0) is 12.6. The molecule has 1 spiro atoms. The molecule has 0 aromatic heterocycles. The molecule has 0 aromatic rings. The number of amides is 2. The highest BCUT2D eigenvalue weighted by molar-refractivity contribution is 5.82. The Balaban J connectivity index is 1.56. The van der Waals surface area contributed by atoms with Crippen molar-refractivity contribution in [1.29, 1.82) is 0 Å². The number of piperidine rings is 1. The second kappa shape index (κ2) is 4.53. The smallest absolute Gasteiger partial charge is 0.251 e. The maximum absolute atomic E-state index is 12.2. The van der Waals surface area contributed by atoms with Crippen LogP contribution >= 0.6 is 0 Å². The van der Waals surface area contributed by atoms with E-state index in [0.717, 1.165) is 45.3 Å². The van der Waals surface area contributed by atoms with Crippen LogP contribution in [0.3, 0.4) is 0 Å². The monoisotopic (exact) mass is 252 g/mol. The number of hydrogen-bond donors (Lipinski definition) is 1. The maximum atomic E-state index is 12.2. The molecule has 5 nitrogen and oxygen atoms in total. The molecule has 0 radical (unpaired) electrons. The van der Waals surface area contributed by atoms with Crippen LogP contribution in [0.25, 0.3) is 0 Å². The van der Waals surface area contributed by atoms with Gasteiger partial charge in [0.25, 0.3) is 5.91 Å². The van der Waals surface area contributed by atoms with E-state index in [2.05, 4.69) is 5.32 Å². The molecular weight excluding hydrogens is 232 g/mol. The van der Waals surface area contributed by atoms with Crippen LogP contribution in [-0.4, -0.2) is 49.1 Å². The fraction of sp³-hybridized carbons (Fsp3) is 0.846. The largest absolute Gasteiger partial charge is 0.368 e. The predicted molar refractivity (Wildman–Crippen MR) is 64.8 cm³/mol. The van der Waals surface area contributed by atoms with Crippen molar-refractivity contribution in [3.8, 4) is 0 Å². The van der Waals surface area contributed by atoms with Crippen molar-refractivity contribution < 1.29 is 14.3 Å². The number of nitrogens with zero attached hydrogens (tertiary/aromatic N) is 1. The summed E-state index contributed by atoms with van der Waals surface area (Å²) in [5.41, 5.74) is 0.115. The summed E-state index contributed by atoms with van der Waals surface area (Å²) < 4.78 is 5.44. The molecule has 0 saturated carbocycles. The van der Waals surface area contributed by atoms with Crippen molar-refractivity contribution in [3.63, 3.8) is 0 Å². The third-order valence-electron chi connectivity index (χ3n) is 4.54. The average Bonchev–Trinajstić information content (AvgIpc) is 3.00. The third kappa shape index (κ3) is 2.11. The maximum Gasteiger partial charge on any atom is 0.251 e. The number of nitrogens with one attached hydrogen (secondary N) is 1. The van der Waals surface area contributed by atoms with Gasteiger partial charge in [-0.05, 0) is 31.1 Å². The summed E-state index contributed by atoms with van der Waals surface area (Å²) in [6, 6.07) is 0. The van der Waals surface area contributed by atoms with Crippen LogP contribution in [0.4, 0.5) is 0 Å². The normalized spacial score (nSPS) is 30.8. The number of ether oxygens (including phenoxy) is 1. The Morgan fingerprint density at radius 3 is 2.72 bits per heavy atom. The highest BCUT2D eigenvalue weighted by atomic mass is 16.5. The van der Waals surface area contributed by atoms with Gasteiger partial charge < -0.3 is 15.0 Å². The molecule has 3 fully saturated rings. The molecule has 3 aliphatic heterocycles. The zero-order valence-electron chi connectivity index (χ0n) is 10.6. The van der Waals surface area contributed by atoms with Crippen LogP contribution in [0.1, 0.15) is 32.1 Å². The molecule has 5 heteroatoms. The van der Waals surface area contributed by atoms with Gasteiger partial charge in [-0.3, -0.25) is 9.59 Å². The van der Waals surface area contributed by atoms with E-state index in [1.807, 2.05) is 4.90 Å². The van der Waals surface area contributed by atoms with E-state index in [0.29, 0.717) is 13.0 Å². The van der Waals surface area contributed by atoms with Crippen LogP contribution in [-0.2, 0) is 14.3 Å². The van der Waals surface area contributed by atoms with Crippen molar-refractivity contribution in [3.05, 3.63) is 0 Å². The SMILES string of the molecule is O=C1CC2(CCN(C(=O)[C@H]3CCCO3)CC2)CN1. The number of rotatable bonds is 1. The minimum absolute atomic E-state index is 0.115. The molecule has 18 heavy (non-hydrogen) atoms. The van der Waals surface area contributed by atoms with E-state index in [-0.39, 0.29) is 23.3 Å². The van der Waals surface area contributed by atoms with Crippen LogP contribution < -0.4 is 5.32 Å². The Morgan fingerprint density at radius 1 is 1.39 bits per heavy atom. The fourth-order valence-corrected chi connectivity index (χ4v) is 3.28. The van der Waals surface area contributed by atoms with E-state index in [1.165, 1.54) is 0 Å². The first kappa shape index (κ1) is 12.0. The molecule has 2 amide bonds. The topological polar surface area (TPSA) is 58.6 Å². The molecule has 100 valence electrons. The Morgan fingerprint density at radius 2 is 2.17 bits per heavy atom. The molecule has 3 saturated heterocycles. The summed E-state index contributed by atoms with van der Waals surface area (Å²) in [4.78, 5) is 25.4. The minimum atomic E-state index is -0.206. The predicted octanol–water partition coefficient (Wildman–Crippen LogP) is 0.294. The van der Waals surface area contributed by atoms with Crippen molar-refractivity contribution >= 4 is 11.8 Å². The summed E-state index contributed by atoms with van der Waals surface area (Å²) in [7, 11) is 0. The van der Waals surface area contributed by atoms with Gasteiger partial charge in [0.05, 0.1) is 0 Å². The van der Waals surface area contributed by atoms with Gasteiger partial charge in [-0.25, -0.2) is 0 Å². The quantitative estimate of drug-likeness (QED) is 0.730. The molecule has 0 unspecified atom stereocenters. The number of likely N-dealkylation sites (tertiary alicyclic amines) is 1. The molecular formula is C13H20N2O3. The second-order valence-electron chi connectivity index (χ2n) is 5.78. The van der Waals surface area contributed by atoms with Crippen molar-refractivity contribution in [2.45, 2.75) is 38.2 Å². The van der Waals surface area contributed by atoms with Crippen molar-refractivity contribution in [2.75, 3.05) is 26.2 Å². The van der Waals surface area contributed by atoms with E-state index in [4.69, 9.17) is 4.74 Å². The highest BCUT2D eigenvalue weighted by Gasteiger charge is 2.42. The first-order valence-electron chi connectivity index (χ1n) is 6.86. The molecule has 3 heterocycles. The number of carbonyl (C=O) groups excluding carboxylic acids is 2. The summed E-state index contributed by atoms with van der Waals surface area (Å²) in [5.74, 6) is 0.313. The number of carbonyl (C=O) groups is 2. The summed E-state index contributed by atoms with van der Waals surface area (Å²) >= 11 is 0. The van der Waals surface area contributed by atoms with Crippen LogP contribution in [0.2, 0.25) is 0 Å². The molecule has 1 atom stereocenters. The first-order chi connectivity index (χ1) is 8.69. The van der Waals surface area contributed by atoms with Gasteiger partial charge in [0.1, 0.15) is 6.10 Å². The number of hydrogen-bond acceptors (Lipinski definition) is 3. The lowest BCUT2D eigenvalue weighted by Gasteiger charge is -2.38. The standard InChI is InChI=1S/C13H20N2O3/c16-11-8-13(9-14-11)3-5-15(6-4-13)12(17)10-2-1-7-18-10/h10H,1-9H2,(H,14,16)/t10-/m1/s1. The first-order valence-corrected chi connectivity index (χ1v) is 6.86. The van der Waals surface area contributed by atoms with Gasteiger partial charge in [-0.1, -0.05) is 0 Å². The Kier molecular flexibility index (Phi) is 3.01. The summed E-state index contributed by atoms with van der Waals surface area (Å²) in [6.07, 6.45) is 4.15. The van der Waals surface area contributed by atoms with Gasteiger partial charge in [-0.15, -0.1) is 0 Å². The molecule has 1 N–H and O–H groups in total. The van der Waals surface area contributed by atoms with E-state index in [9.17, 15) is 9.59 Å². The Hall–Kier alpha value is -1.10. The van der Waals surface area contributed by atoms with Gasteiger partial charge >= 0.3 is 0 Å². The van der Waals surface area contributed by atoms with Crippen molar-refractivity contribution in [1.82, 2.24) is 10.2 Å². The second-order valence-corrected chi connectivity index (χ2v) is 5.78. The molecule has 0 aliphatic carbocycles. The zero-order valence-corrected chi connectivity index (χ0v) is 10.6. The van der Waals surface area contributed by atoms with E-state index >= 15 is 0 Å². The lowest BCUT2D eigenvalue weighted by atomic mass is 9.77. The molecule has 3 aliphatic rings.